The molecule has 0 spiro atoms. The molecule has 3 N–H and O–H groups in total. The molecule has 11 heteroatoms. The van der Waals surface area contributed by atoms with Crippen LogP contribution in [0.25, 0.3) is 0 Å². The number of hydrogen-bond donors (Lipinski definition) is 3. The lowest BCUT2D eigenvalue weighted by Crippen LogP contribution is -2.31. The van der Waals surface area contributed by atoms with E-state index in [9.17, 15) is 14.0 Å². The second-order valence-electron chi connectivity index (χ2n) is 10.1. The zero-order valence-corrected chi connectivity index (χ0v) is 25.8. The van der Waals surface area contributed by atoms with Crippen LogP contribution in [0.15, 0.2) is 41.2 Å². The zero-order chi connectivity index (χ0) is 29.8. The fourth-order valence-corrected chi connectivity index (χ4v) is 5.20. The van der Waals surface area contributed by atoms with Crippen LogP contribution in [0.3, 0.4) is 0 Å². The predicted molar refractivity (Wildman–Crippen MR) is 166 cm³/mol. The molecule has 1 heterocycles. The zero-order valence-electron chi connectivity index (χ0n) is 24.2. The summed E-state index contributed by atoms with van der Waals surface area (Å²) in [5.74, 6) is -0.450. The van der Waals surface area contributed by atoms with Gasteiger partial charge in [-0.3, -0.25) is 14.2 Å². The standard InChI is InChI=1S/C28H31ClFN5O3S.C2H6/c1-15-8-13-20(19(30)14-15)32-26-23(27(36)31-17-9-10-17)25(16(2)28(37)34(26)3)38-22-7-5-6-21(24(22)29)35(4)39-33-18-11-12-18;1-2/h5-8,13-14,17-18,32-33H,9-12H2,1-4H3,(H,31,36);1-2H3. The SMILES string of the molecule is CC.Cc1ccc(Nc2c(C(=O)NC3CC3)c(Oc3cccc(N(C)SNC4CC4)c3Cl)c(C)c(=O)n2C)c(F)c1. The third kappa shape index (κ3) is 7.17. The molecule has 2 aliphatic rings. The van der Waals surface area contributed by atoms with Crippen LogP contribution in [-0.2, 0) is 7.05 Å². The molecule has 0 aliphatic heterocycles. The van der Waals surface area contributed by atoms with Gasteiger partial charge in [-0.2, -0.15) is 0 Å². The quantitative estimate of drug-likeness (QED) is 0.216. The van der Waals surface area contributed by atoms with Gasteiger partial charge in [-0.15, -0.1) is 0 Å². The molecule has 0 unspecified atom stereocenters. The van der Waals surface area contributed by atoms with E-state index in [1.54, 1.807) is 38.1 Å². The number of carbonyl (C=O) groups is 1. The third-order valence-corrected chi connectivity index (χ3v) is 8.00. The largest absolute Gasteiger partial charge is 0.454 e. The fraction of sp³-hybridized carbons (Fsp3) is 0.400. The molecule has 0 atom stereocenters. The summed E-state index contributed by atoms with van der Waals surface area (Å²) in [6.45, 7) is 7.38. The van der Waals surface area contributed by atoms with Crippen molar-refractivity contribution in [1.29, 1.82) is 0 Å². The molecule has 0 saturated heterocycles. The van der Waals surface area contributed by atoms with E-state index in [2.05, 4.69) is 15.4 Å². The molecular weight excluding hydrogens is 565 g/mol. The van der Waals surface area contributed by atoms with Crippen molar-refractivity contribution in [2.75, 3.05) is 16.7 Å². The van der Waals surface area contributed by atoms with E-state index in [-0.39, 0.29) is 40.2 Å². The number of pyridine rings is 1. The van der Waals surface area contributed by atoms with Crippen molar-refractivity contribution in [3.05, 3.63) is 74.3 Å². The molecule has 3 aromatic rings. The average Bonchev–Trinajstić information content (AvgIpc) is 3.89. The van der Waals surface area contributed by atoms with E-state index in [4.69, 9.17) is 16.3 Å². The molecule has 2 aliphatic carbocycles. The van der Waals surface area contributed by atoms with Crippen molar-refractivity contribution in [3.8, 4) is 11.5 Å². The molecule has 0 radical (unpaired) electrons. The van der Waals surface area contributed by atoms with E-state index in [1.165, 1.54) is 29.8 Å². The third-order valence-electron chi connectivity index (χ3n) is 6.71. The molecule has 2 aromatic carbocycles. The number of halogens is 2. The second kappa shape index (κ2) is 13.2. The van der Waals surface area contributed by atoms with Crippen molar-refractivity contribution in [1.82, 2.24) is 14.6 Å². The van der Waals surface area contributed by atoms with Crippen LogP contribution < -0.4 is 30.0 Å². The lowest BCUT2D eigenvalue weighted by molar-refractivity contribution is 0.0948. The Hall–Kier alpha value is -3.21. The van der Waals surface area contributed by atoms with Crippen molar-refractivity contribution < 1.29 is 13.9 Å². The summed E-state index contributed by atoms with van der Waals surface area (Å²) in [5.41, 5.74) is 1.52. The first kappa shape index (κ1) is 30.7. The van der Waals surface area contributed by atoms with Gasteiger partial charge in [-0.25, -0.2) is 9.11 Å². The summed E-state index contributed by atoms with van der Waals surface area (Å²) in [6, 6.07) is 10.6. The van der Waals surface area contributed by atoms with Crippen LogP contribution >= 0.6 is 23.7 Å². The number of benzene rings is 2. The molecule has 2 saturated carbocycles. The monoisotopic (exact) mass is 601 g/mol. The Balaban J connectivity index is 0.00000189. The average molecular weight is 602 g/mol. The maximum Gasteiger partial charge on any atom is 0.259 e. The van der Waals surface area contributed by atoms with Gasteiger partial charge in [-0.05, 0) is 69.4 Å². The maximum atomic E-state index is 14.8. The van der Waals surface area contributed by atoms with Gasteiger partial charge in [0, 0.05) is 38.3 Å². The van der Waals surface area contributed by atoms with E-state index in [0.29, 0.717) is 16.8 Å². The first-order valence-electron chi connectivity index (χ1n) is 13.8. The first-order valence-corrected chi connectivity index (χ1v) is 15.0. The van der Waals surface area contributed by atoms with Gasteiger partial charge in [0.1, 0.15) is 28.0 Å². The van der Waals surface area contributed by atoms with Gasteiger partial charge in [0.15, 0.2) is 5.75 Å². The van der Waals surface area contributed by atoms with E-state index < -0.39 is 17.3 Å². The minimum atomic E-state index is -0.505. The van der Waals surface area contributed by atoms with E-state index in [0.717, 1.165) is 31.2 Å². The predicted octanol–water partition coefficient (Wildman–Crippen LogP) is 7.00. The van der Waals surface area contributed by atoms with Crippen molar-refractivity contribution in [3.63, 3.8) is 0 Å². The summed E-state index contributed by atoms with van der Waals surface area (Å²) in [4.78, 5) is 26.9. The van der Waals surface area contributed by atoms with Gasteiger partial charge in [0.05, 0.1) is 16.9 Å². The smallest absolute Gasteiger partial charge is 0.259 e. The van der Waals surface area contributed by atoms with Crippen molar-refractivity contribution in [2.45, 2.75) is 65.5 Å². The molecule has 0 bridgehead atoms. The summed E-state index contributed by atoms with van der Waals surface area (Å²) in [5, 5.41) is 6.28. The molecule has 8 nitrogen and oxygen atoms in total. The van der Waals surface area contributed by atoms with Gasteiger partial charge in [0.2, 0.25) is 0 Å². The summed E-state index contributed by atoms with van der Waals surface area (Å²) < 4.78 is 27.7. The molecule has 1 amide bonds. The lowest BCUT2D eigenvalue weighted by Gasteiger charge is -2.23. The first-order chi connectivity index (χ1) is 19.6. The van der Waals surface area contributed by atoms with Gasteiger partial charge < -0.3 is 19.7 Å². The number of rotatable bonds is 10. The fourth-order valence-electron chi connectivity index (χ4n) is 4.07. The highest BCUT2D eigenvalue weighted by Crippen LogP contribution is 2.41. The number of ether oxygens (including phenoxy) is 1. The van der Waals surface area contributed by atoms with E-state index >= 15 is 0 Å². The Morgan fingerprint density at radius 1 is 1.12 bits per heavy atom. The Kier molecular flexibility index (Phi) is 9.88. The molecule has 220 valence electrons. The van der Waals surface area contributed by atoms with Crippen LogP contribution in [0.5, 0.6) is 11.5 Å². The highest BCUT2D eigenvalue weighted by atomic mass is 35.5. The summed E-state index contributed by atoms with van der Waals surface area (Å²) in [6.07, 6.45) is 4.03. The highest BCUT2D eigenvalue weighted by molar-refractivity contribution is 7.98. The number of anilines is 3. The molecule has 41 heavy (non-hydrogen) atoms. The molecule has 1 aromatic heterocycles. The van der Waals surface area contributed by atoms with Crippen LogP contribution in [-0.4, -0.2) is 29.6 Å². The number of nitrogens with zero attached hydrogens (tertiary/aromatic N) is 2. The summed E-state index contributed by atoms with van der Waals surface area (Å²) in [7, 11) is 3.43. The minimum Gasteiger partial charge on any atom is -0.454 e. The topological polar surface area (TPSA) is 87.6 Å². The number of carbonyl (C=O) groups excluding carboxylic acids is 1. The van der Waals surface area contributed by atoms with Crippen LogP contribution in [0.2, 0.25) is 5.02 Å². The Bertz CT molecular complexity index is 1490. The normalized spacial score (nSPS) is 14.1. The minimum absolute atomic E-state index is 0.0448. The number of nitrogens with one attached hydrogen (secondary N) is 3. The number of amides is 1. The van der Waals surface area contributed by atoms with Crippen molar-refractivity contribution >= 4 is 46.8 Å². The van der Waals surface area contributed by atoms with Crippen molar-refractivity contribution in [2.24, 2.45) is 7.05 Å². The summed E-state index contributed by atoms with van der Waals surface area (Å²) >= 11 is 8.23. The molecule has 2 fully saturated rings. The Labute approximate surface area is 249 Å². The number of aryl methyl sites for hydroxylation is 1. The molecular formula is C30H37ClFN5O3S. The van der Waals surface area contributed by atoms with Gasteiger partial charge in [-0.1, -0.05) is 37.6 Å². The lowest BCUT2D eigenvalue weighted by atomic mass is 10.1. The number of hydrogen-bond acceptors (Lipinski definition) is 7. The van der Waals surface area contributed by atoms with E-state index in [1.807, 2.05) is 31.3 Å². The van der Waals surface area contributed by atoms with Crippen LogP contribution in [0, 0.1) is 19.7 Å². The maximum absolute atomic E-state index is 14.8. The van der Waals surface area contributed by atoms with Gasteiger partial charge in [0.25, 0.3) is 11.5 Å². The van der Waals surface area contributed by atoms with Crippen LogP contribution in [0.1, 0.15) is 61.0 Å². The van der Waals surface area contributed by atoms with Gasteiger partial charge >= 0.3 is 0 Å². The second-order valence-corrected chi connectivity index (χ2v) is 11.4. The Morgan fingerprint density at radius 3 is 2.44 bits per heavy atom. The Morgan fingerprint density at radius 2 is 1.80 bits per heavy atom. The molecule has 5 rings (SSSR count). The van der Waals surface area contributed by atoms with Crippen LogP contribution in [0.4, 0.5) is 21.6 Å². The number of aromatic nitrogens is 1. The highest BCUT2D eigenvalue weighted by Gasteiger charge is 2.31.